The Kier molecular flexibility index (Phi) is 4.94. The summed E-state index contributed by atoms with van der Waals surface area (Å²) in [5.74, 6) is 0.623. The number of carbonyl (C=O) groups is 1. The Morgan fingerprint density at radius 2 is 1.73 bits per heavy atom. The largest absolute Gasteiger partial charge is 0.496 e. The Balaban J connectivity index is 2.08. The normalized spacial score (nSPS) is 10.7. The number of rotatable bonds is 4. The maximum Gasteiger partial charge on any atom is 0.271 e. The molecular formula is C18H20N2O2. The third-order valence-electron chi connectivity index (χ3n) is 3.68. The van der Waals surface area contributed by atoms with Crippen LogP contribution in [-0.4, -0.2) is 19.2 Å². The molecular weight excluding hydrogens is 276 g/mol. The van der Waals surface area contributed by atoms with Crippen LogP contribution in [0.4, 0.5) is 0 Å². The second-order valence-corrected chi connectivity index (χ2v) is 5.17. The van der Waals surface area contributed by atoms with E-state index in [1.807, 2.05) is 45.0 Å². The number of carbonyl (C=O) groups excluding carboxylic acids is 1. The molecule has 114 valence electrons. The molecule has 0 atom stereocenters. The van der Waals surface area contributed by atoms with Gasteiger partial charge in [0.1, 0.15) is 5.75 Å². The number of nitrogens with one attached hydrogen (secondary N) is 1. The van der Waals surface area contributed by atoms with Crippen molar-refractivity contribution < 1.29 is 9.53 Å². The highest BCUT2D eigenvalue weighted by atomic mass is 16.5. The van der Waals surface area contributed by atoms with Gasteiger partial charge in [-0.3, -0.25) is 4.79 Å². The molecule has 0 radical (unpaired) electrons. The lowest BCUT2D eigenvalue weighted by Crippen LogP contribution is -2.17. The quantitative estimate of drug-likeness (QED) is 0.694. The van der Waals surface area contributed by atoms with Crippen LogP contribution in [0.25, 0.3) is 0 Å². The second-order valence-electron chi connectivity index (χ2n) is 5.17. The molecule has 0 saturated heterocycles. The van der Waals surface area contributed by atoms with Gasteiger partial charge in [-0.1, -0.05) is 17.7 Å². The molecule has 0 unspecified atom stereocenters. The minimum absolute atomic E-state index is 0.223. The van der Waals surface area contributed by atoms with E-state index in [0.29, 0.717) is 5.56 Å². The minimum Gasteiger partial charge on any atom is -0.496 e. The summed E-state index contributed by atoms with van der Waals surface area (Å²) in [4.78, 5) is 12.0. The summed E-state index contributed by atoms with van der Waals surface area (Å²) in [5.41, 5.74) is 7.33. The van der Waals surface area contributed by atoms with Crippen LogP contribution in [0.1, 0.15) is 32.6 Å². The number of benzene rings is 2. The monoisotopic (exact) mass is 296 g/mol. The fourth-order valence-electron chi connectivity index (χ4n) is 2.11. The van der Waals surface area contributed by atoms with Crippen LogP contribution in [0.3, 0.4) is 0 Å². The van der Waals surface area contributed by atoms with Gasteiger partial charge in [-0.05, 0) is 61.7 Å². The third-order valence-corrected chi connectivity index (χ3v) is 3.68. The fraction of sp³-hybridized carbons (Fsp3) is 0.222. The van der Waals surface area contributed by atoms with Crippen molar-refractivity contribution in [3.8, 4) is 5.75 Å². The van der Waals surface area contributed by atoms with Crippen molar-refractivity contribution in [2.45, 2.75) is 20.8 Å². The second kappa shape index (κ2) is 6.89. The summed E-state index contributed by atoms with van der Waals surface area (Å²) in [6, 6.07) is 11.2. The average molecular weight is 296 g/mol. The van der Waals surface area contributed by atoms with Crippen molar-refractivity contribution in [2.24, 2.45) is 5.10 Å². The van der Waals surface area contributed by atoms with Gasteiger partial charge in [0.05, 0.1) is 13.3 Å². The predicted octanol–water partition coefficient (Wildman–Crippen LogP) is 3.38. The first-order valence-corrected chi connectivity index (χ1v) is 7.07. The molecule has 0 saturated carbocycles. The van der Waals surface area contributed by atoms with E-state index < -0.39 is 0 Å². The van der Waals surface area contributed by atoms with E-state index in [9.17, 15) is 4.79 Å². The standard InChI is InChI=1S/C18H20N2O2/c1-12-5-7-15(8-6-12)18(21)20-19-11-16-9-10-17(22-4)14(3)13(16)2/h5-11H,1-4H3,(H,20,21)/b19-11+. The molecule has 0 aromatic heterocycles. The highest BCUT2D eigenvalue weighted by Crippen LogP contribution is 2.22. The van der Waals surface area contributed by atoms with Crippen molar-refractivity contribution in [2.75, 3.05) is 7.11 Å². The van der Waals surface area contributed by atoms with Crippen LogP contribution in [0.15, 0.2) is 41.5 Å². The fourth-order valence-corrected chi connectivity index (χ4v) is 2.11. The molecule has 4 nitrogen and oxygen atoms in total. The number of amides is 1. The maximum atomic E-state index is 12.0. The number of nitrogens with zero attached hydrogens (tertiary/aromatic N) is 1. The van der Waals surface area contributed by atoms with Gasteiger partial charge in [0, 0.05) is 5.56 Å². The van der Waals surface area contributed by atoms with Crippen LogP contribution < -0.4 is 10.2 Å². The number of hydrogen-bond acceptors (Lipinski definition) is 3. The predicted molar refractivity (Wildman–Crippen MR) is 88.7 cm³/mol. The highest BCUT2D eigenvalue weighted by molar-refractivity contribution is 5.95. The highest BCUT2D eigenvalue weighted by Gasteiger charge is 2.06. The third kappa shape index (κ3) is 3.52. The zero-order valence-corrected chi connectivity index (χ0v) is 13.3. The van der Waals surface area contributed by atoms with Gasteiger partial charge in [0.2, 0.25) is 0 Å². The molecule has 1 N–H and O–H groups in total. The Bertz CT molecular complexity index is 704. The van der Waals surface area contributed by atoms with E-state index in [-0.39, 0.29) is 5.91 Å². The van der Waals surface area contributed by atoms with Gasteiger partial charge < -0.3 is 4.74 Å². The molecule has 0 fully saturated rings. The first kappa shape index (κ1) is 15.8. The molecule has 2 aromatic rings. The lowest BCUT2D eigenvalue weighted by atomic mass is 10.0. The van der Waals surface area contributed by atoms with Crippen LogP contribution in [0.5, 0.6) is 5.75 Å². The van der Waals surface area contributed by atoms with Crippen molar-refractivity contribution in [3.05, 3.63) is 64.2 Å². The summed E-state index contributed by atoms with van der Waals surface area (Å²) >= 11 is 0. The zero-order valence-electron chi connectivity index (χ0n) is 13.3. The smallest absolute Gasteiger partial charge is 0.271 e. The van der Waals surface area contributed by atoms with Gasteiger partial charge in [0.25, 0.3) is 5.91 Å². The maximum absolute atomic E-state index is 12.0. The van der Waals surface area contributed by atoms with Gasteiger partial charge in [-0.2, -0.15) is 5.10 Å². The molecule has 4 heteroatoms. The van der Waals surface area contributed by atoms with Crippen LogP contribution in [0.2, 0.25) is 0 Å². The number of methoxy groups -OCH3 is 1. The number of hydrogen-bond donors (Lipinski definition) is 1. The van der Waals surface area contributed by atoms with Gasteiger partial charge in [0.15, 0.2) is 0 Å². The van der Waals surface area contributed by atoms with E-state index in [1.54, 1.807) is 25.5 Å². The van der Waals surface area contributed by atoms with E-state index in [2.05, 4.69) is 10.5 Å². The molecule has 0 heterocycles. The molecule has 2 rings (SSSR count). The molecule has 0 aliphatic heterocycles. The topological polar surface area (TPSA) is 50.7 Å². The van der Waals surface area contributed by atoms with Crippen molar-refractivity contribution in [1.82, 2.24) is 5.43 Å². The van der Waals surface area contributed by atoms with Crippen molar-refractivity contribution in [3.63, 3.8) is 0 Å². The molecule has 0 aliphatic carbocycles. The summed E-state index contributed by atoms with van der Waals surface area (Å²) < 4.78 is 5.28. The van der Waals surface area contributed by atoms with E-state index in [0.717, 1.165) is 28.0 Å². The van der Waals surface area contributed by atoms with E-state index >= 15 is 0 Å². The van der Waals surface area contributed by atoms with Gasteiger partial charge in [-0.25, -0.2) is 5.43 Å². The summed E-state index contributed by atoms with van der Waals surface area (Å²) in [5, 5.41) is 4.03. The molecule has 2 aromatic carbocycles. The first-order valence-electron chi connectivity index (χ1n) is 7.07. The lowest BCUT2D eigenvalue weighted by molar-refractivity contribution is 0.0955. The van der Waals surface area contributed by atoms with E-state index in [4.69, 9.17) is 4.74 Å². The molecule has 0 spiro atoms. The molecule has 22 heavy (non-hydrogen) atoms. The average Bonchev–Trinajstić information content (AvgIpc) is 2.52. The summed E-state index contributed by atoms with van der Waals surface area (Å²) in [6.45, 7) is 5.98. The first-order chi connectivity index (χ1) is 10.5. The number of aryl methyl sites for hydroxylation is 1. The Hall–Kier alpha value is -2.62. The minimum atomic E-state index is -0.223. The molecule has 0 bridgehead atoms. The zero-order chi connectivity index (χ0) is 16.1. The molecule has 1 amide bonds. The van der Waals surface area contributed by atoms with Crippen LogP contribution in [0, 0.1) is 20.8 Å². The van der Waals surface area contributed by atoms with Gasteiger partial charge >= 0.3 is 0 Å². The Labute approximate surface area is 130 Å². The number of hydrazone groups is 1. The van der Waals surface area contributed by atoms with Crippen LogP contribution >= 0.6 is 0 Å². The van der Waals surface area contributed by atoms with Crippen molar-refractivity contribution in [1.29, 1.82) is 0 Å². The SMILES string of the molecule is COc1ccc(/C=N/NC(=O)c2ccc(C)cc2)c(C)c1C. The number of ether oxygens (including phenoxy) is 1. The molecule has 0 aliphatic rings. The Morgan fingerprint density at radius 1 is 1.05 bits per heavy atom. The van der Waals surface area contributed by atoms with Gasteiger partial charge in [-0.15, -0.1) is 0 Å². The summed E-state index contributed by atoms with van der Waals surface area (Å²) in [7, 11) is 1.65. The summed E-state index contributed by atoms with van der Waals surface area (Å²) in [6.07, 6.45) is 1.65. The van der Waals surface area contributed by atoms with Crippen LogP contribution in [-0.2, 0) is 0 Å². The van der Waals surface area contributed by atoms with E-state index in [1.165, 1.54) is 0 Å². The lowest BCUT2D eigenvalue weighted by Gasteiger charge is -2.09. The van der Waals surface area contributed by atoms with Crippen molar-refractivity contribution >= 4 is 12.1 Å². The Morgan fingerprint density at radius 3 is 2.36 bits per heavy atom.